The van der Waals surface area contributed by atoms with Gasteiger partial charge in [-0.05, 0) is 25.2 Å². The molecule has 0 N–H and O–H groups in total. The van der Waals surface area contributed by atoms with E-state index in [-0.39, 0.29) is 11.9 Å². The van der Waals surface area contributed by atoms with Gasteiger partial charge in [0.25, 0.3) is 0 Å². The zero-order valence-electron chi connectivity index (χ0n) is 25.6. The van der Waals surface area contributed by atoms with Gasteiger partial charge in [-0.15, -0.1) is 0 Å². The molecule has 0 heterocycles. The lowest BCUT2D eigenvalue weighted by atomic mass is 9.85. The van der Waals surface area contributed by atoms with Gasteiger partial charge in [-0.25, -0.2) is 0 Å². The highest BCUT2D eigenvalue weighted by Gasteiger charge is 2.25. The van der Waals surface area contributed by atoms with Gasteiger partial charge in [-0.3, -0.25) is 4.79 Å². The predicted molar refractivity (Wildman–Crippen MR) is 161 cm³/mol. The number of unbranched alkanes of at least 4 members (excludes halogenated alkanes) is 21. The van der Waals surface area contributed by atoms with Crippen LogP contribution in [0.15, 0.2) is 0 Å². The number of carbonyl (C=O) groups is 1. The Morgan fingerprint density at radius 1 is 0.472 bits per heavy atom. The third-order valence-electron chi connectivity index (χ3n) is 8.11. The van der Waals surface area contributed by atoms with E-state index in [2.05, 4.69) is 27.7 Å². The van der Waals surface area contributed by atoms with E-state index in [4.69, 9.17) is 4.74 Å². The molecule has 36 heavy (non-hydrogen) atoms. The summed E-state index contributed by atoms with van der Waals surface area (Å²) >= 11 is 0. The fourth-order valence-electron chi connectivity index (χ4n) is 5.45. The average Bonchev–Trinajstić information content (AvgIpc) is 2.88. The quantitative estimate of drug-likeness (QED) is 0.0741. The Kier molecular flexibility index (Phi) is 28.6. The van der Waals surface area contributed by atoms with Crippen molar-refractivity contribution < 1.29 is 9.53 Å². The molecule has 2 atom stereocenters. The van der Waals surface area contributed by atoms with E-state index < -0.39 is 0 Å². The third kappa shape index (κ3) is 23.8. The summed E-state index contributed by atoms with van der Waals surface area (Å²) in [6.07, 6.45) is 34.1. The Labute approximate surface area is 228 Å². The second-order valence-corrected chi connectivity index (χ2v) is 11.8. The Balaban J connectivity index is 4.09. The van der Waals surface area contributed by atoms with Gasteiger partial charge in [0.2, 0.25) is 0 Å². The molecule has 0 aromatic heterocycles. The van der Waals surface area contributed by atoms with Crippen LogP contribution in [0.2, 0.25) is 0 Å². The van der Waals surface area contributed by atoms with Gasteiger partial charge in [0.05, 0.1) is 12.5 Å². The Morgan fingerprint density at radius 3 is 1.25 bits per heavy atom. The van der Waals surface area contributed by atoms with Gasteiger partial charge in [-0.1, -0.05) is 175 Å². The molecule has 0 aromatic rings. The van der Waals surface area contributed by atoms with Crippen LogP contribution in [0.1, 0.15) is 195 Å². The van der Waals surface area contributed by atoms with Crippen LogP contribution in [0.25, 0.3) is 0 Å². The molecule has 0 fully saturated rings. The highest BCUT2D eigenvalue weighted by molar-refractivity contribution is 5.72. The molecule has 0 spiro atoms. The van der Waals surface area contributed by atoms with Gasteiger partial charge in [-0.2, -0.15) is 0 Å². The monoisotopic (exact) mass is 509 g/mol. The molecule has 0 rings (SSSR count). The molecule has 0 radical (unpaired) electrons. The Morgan fingerprint density at radius 2 is 0.806 bits per heavy atom. The number of rotatable bonds is 29. The number of esters is 1. The normalized spacial score (nSPS) is 13.1. The molecule has 0 saturated carbocycles. The van der Waals surface area contributed by atoms with E-state index in [1.807, 2.05) is 0 Å². The highest BCUT2D eigenvalue weighted by Crippen LogP contribution is 2.26. The van der Waals surface area contributed by atoms with Crippen LogP contribution in [0.4, 0.5) is 0 Å². The summed E-state index contributed by atoms with van der Waals surface area (Å²) in [5.74, 6) is 0.675. The molecule has 0 aromatic carbocycles. The van der Waals surface area contributed by atoms with Crippen LogP contribution in [-0.2, 0) is 9.53 Å². The standard InChI is InChI=1S/C34H68O2/c1-5-8-11-14-16-18-20-22-24-27-30-33(32(4)29-26-13-10-7-3)34(35)36-31-28-25-23-21-19-17-15-12-9-6-2/h32-33H,5-31H2,1-4H3. The summed E-state index contributed by atoms with van der Waals surface area (Å²) in [5, 5.41) is 0. The number of ether oxygens (including phenoxy) is 1. The lowest BCUT2D eigenvalue weighted by molar-refractivity contribution is -0.151. The molecule has 0 saturated heterocycles. The molecule has 2 unspecified atom stereocenters. The van der Waals surface area contributed by atoms with Crippen LogP contribution < -0.4 is 0 Å². The molecule has 0 aliphatic carbocycles. The van der Waals surface area contributed by atoms with Gasteiger partial charge in [0.1, 0.15) is 0 Å². The van der Waals surface area contributed by atoms with Crippen LogP contribution >= 0.6 is 0 Å². The van der Waals surface area contributed by atoms with Crippen molar-refractivity contribution in [2.75, 3.05) is 6.61 Å². The zero-order valence-corrected chi connectivity index (χ0v) is 25.6. The first-order chi connectivity index (χ1) is 17.7. The fourth-order valence-corrected chi connectivity index (χ4v) is 5.45. The summed E-state index contributed by atoms with van der Waals surface area (Å²) in [5.41, 5.74) is 0. The summed E-state index contributed by atoms with van der Waals surface area (Å²) in [4.78, 5) is 13.0. The maximum Gasteiger partial charge on any atom is 0.309 e. The second kappa shape index (κ2) is 29.0. The summed E-state index contributed by atoms with van der Waals surface area (Å²) in [7, 11) is 0. The minimum Gasteiger partial charge on any atom is -0.465 e. The van der Waals surface area contributed by atoms with Crippen molar-refractivity contribution in [3.8, 4) is 0 Å². The van der Waals surface area contributed by atoms with E-state index in [1.165, 1.54) is 154 Å². The van der Waals surface area contributed by atoms with Crippen LogP contribution in [0.3, 0.4) is 0 Å². The summed E-state index contributed by atoms with van der Waals surface area (Å²) in [6, 6.07) is 0. The molecular formula is C34H68O2. The topological polar surface area (TPSA) is 26.3 Å². The van der Waals surface area contributed by atoms with Crippen molar-refractivity contribution in [3.05, 3.63) is 0 Å². The van der Waals surface area contributed by atoms with E-state index in [0.717, 1.165) is 12.8 Å². The van der Waals surface area contributed by atoms with Crippen molar-refractivity contribution in [2.45, 2.75) is 195 Å². The maximum atomic E-state index is 13.0. The van der Waals surface area contributed by atoms with E-state index >= 15 is 0 Å². The first kappa shape index (κ1) is 35.5. The fraction of sp³-hybridized carbons (Fsp3) is 0.971. The summed E-state index contributed by atoms with van der Waals surface area (Å²) in [6.45, 7) is 9.76. The predicted octanol–water partition coefficient (Wildman–Crippen LogP) is 12.0. The SMILES string of the molecule is CCCCCCCCCCCCOC(=O)C(CCCCCCCCCCCC)C(C)CCCCCC. The van der Waals surface area contributed by atoms with E-state index in [0.29, 0.717) is 12.5 Å². The number of carbonyl (C=O) groups excluding carboxylic acids is 1. The lowest BCUT2D eigenvalue weighted by Gasteiger charge is -2.23. The third-order valence-corrected chi connectivity index (χ3v) is 8.11. The second-order valence-electron chi connectivity index (χ2n) is 11.8. The van der Waals surface area contributed by atoms with E-state index in [9.17, 15) is 4.79 Å². The van der Waals surface area contributed by atoms with Gasteiger partial charge in [0, 0.05) is 0 Å². The molecule has 0 bridgehead atoms. The van der Waals surface area contributed by atoms with Gasteiger partial charge in [0.15, 0.2) is 0 Å². The minimum absolute atomic E-state index is 0.102. The van der Waals surface area contributed by atoms with Gasteiger partial charge >= 0.3 is 5.97 Å². The Bertz CT molecular complexity index is 433. The smallest absolute Gasteiger partial charge is 0.309 e. The summed E-state index contributed by atoms with van der Waals surface area (Å²) < 4.78 is 5.83. The maximum absolute atomic E-state index is 13.0. The van der Waals surface area contributed by atoms with Crippen LogP contribution in [-0.4, -0.2) is 12.6 Å². The first-order valence-electron chi connectivity index (χ1n) is 16.8. The lowest BCUT2D eigenvalue weighted by Crippen LogP contribution is -2.25. The van der Waals surface area contributed by atoms with Crippen LogP contribution in [0, 0.1) is 11.8 Å². The number of hydrogen-bond acceptors (Lipinski definition) is 2. The molecule has 2 heteroatoms. The largest absolute Gasteiger partial charge is 0.465 e. The van der Waals surface area contributed by atoms with Crippen molar-refractivity contribution >= 4 is 5.97 Å². The molecule has 216 valence electrons. The van der Waals surface area contributed by atoms with Crippen molar-refractivity contribution in [1.29, 1.82) is 0 Å². The molecule has 0 amide bonds. The highest BCUT2D eigenvalue weighted by atomic mass is 16.5. The van der Waals surface area contributed by atoms with Crippen molar-refractivity contribution in [3.63, 3.8) is 0 Å². The van der Waals surface area contributed by atoms with Crippen LogP contribution in [0.5, 0.6) is 0 Å². The minimum atomic E-state index is 0.102. The van der Waals surface area contributed by atoms with Crippen molar-refractivity contribution in [2.24, 2.45) is 11.8 Å². The Hall–Kier alpha value is -0.530. The van der Waals surface area contributed by atoms with Gasteiger partial charge < -0.3 is 4.74 Å². The van der Waals surface area contributed by atoms with Crippen molar-refractivity contribution in [1.82, 2.24) is 0 Å². The average molecular weight is 509 g/mol. The molecule has 0 aliphatic heterocycles. The van der Waals surface area contributed by atoms with E-state index in [1.54, 1.807) is 0 Å². The first-order valence-corrected chi connectivity index (χ1v) is 16.8. The molecule has 2 nitrogen and oxygen atoms in total. The molecule has 0 aliphatic rings. The molecular weight excluding hydrogens is 440 g/mol. The zero-order chi connectivity index (χ0) is 26.5. The number of hydrogen-bond donors (Lipinski definition) is 0.